The third-order valence-corrected chi connectivity index (χ3v) is 5.78. The van der Waals surface area contributed by atoms with Crippen molar-refractivity contribution in [2.45, 2.75) is 25.4 Å². The number of para-hydroxylation sites is 1. The Kier molecular flexibility index (Phi) is 6.02. The van der Waals surface area contributed by atoms with Gasteiger partial charge in [-0.3, -0.25) is 14.3 Å². The maximum atomic E-state index is 12.4. The number of amides is 2. The zero-order valence-corrected chi connectivity index (χ0v) is 17.4. The van der Waals surface area contributed by atoms with Crippen LogP contribution in [-0.2, 0) is 22.6 Å². The lowest BCUT2D eigenvalue weighted by molar-refractivity contribution is -0.127. The number of carbonyl (C=O) groups is 2. The standard InChI is InChI=1S/C24H26N4O3/c1-27-23(31)12-19(13-25-22(30)11-18-9-5-6-10-21(18)29)24(27)20-14-26-28(16-20)15-17-7-3-2-4-8-17/h2-10,14,16,19,24,29H,11-13,15H2,1H3,(H,25,30)/t19-,24+/m0/s1. The van der Waals surface area contributed by atoms with Crippen molar-refractivity contribution in [3.8, 4) is 5.75 Å². The van der Waals surface area contributed by atoms with Gasteiger partial charge in [0, 0.05) is 43.3 Å². The second-order valence-electron chi connectivity index (χ2n) is 7.98. The molecule has 3 aromatic rings. The Balaban J connectivity index is 1.41. The Labute approximate surface area is 181 Å². The average Bonchev–Trinajstić information content (AvgIpc) is 3.33. The zero-order chi connectivity index (χ0) is 21.8. The number of phenolic OH excluding ortho intramolecular Hbond substituents is 1. The van der Waals surface area contributed by atoms with Gasteiger partial charge in [0.05, 0.1) is 25.2 Å². The van der Waals surface area contributed by atoms with Crippen LogP contribution in [0.1, 0.15) is 29.2 Å². The minimum Gasteiger partial charge on any atom is -0.508 e. The highest BCUT2D eigenvalue weighted by molar-refractivity contribution is 5.81. The molecule has 0 bridgehead atoms. The highest BCUT2D eigenvalue weighted by Crippen LogP contribution is 2.36. The van der Waals surface area contributed by atoms with Gasteiger partial charge in [-0.05, 0) is 11.6 Å². The van der Waals surface area contributed by atoms with Crippen LogP contribution in [-0.4, -0.2) is 45.2 Å². The van der Waals surface area contributed by atoms with Crippen LogP contribution in [0.4, 0.5) is 0 Å². The summed E-state index contributed by atoms with van der Waals surface area (Å²) in [6.07, 6.45) is 4.26. The minimum absolute atomic E-state index is 0.0415. The molecule has 160 valence electrons. The number of benzene rings is 2. The lowest BCUT2D eigenvalue weighted by Gasteiger charge is -2.24. The maximum absolute atomic E-state index is 12.4. The molecule has 2 aromatic carbocycles. The van der Waals surface area contributed by atoms with E-state index in [1.54, 1.807) is 42.4 Å². The molecule has 1 aliphatic heterocycles. The minimum atomic E-state index is -0.179. The molecule has 7 nitrogen and oxygen atoms in total. The van der Waals surface area contributed by atoms with Crippen LogP contribution in [0.15, 0.2) is 67.0 Å². The number of rotatable bonds is 7. The second-order valence-corrected chi connectivity index (χ2v) is 7.98. The first-order valence-corrected chi connectivity index (χ1v) is 10.4. The van der Waals surface area contributed by atoms with E-state index in [1.165, 1.54) is 0 Å². The van der Waals surface area contributed by atoms with Gasteiger partial charge in [0.1, 0.15) is 5.75 Å². The number of carbonyl (C=O) groups excluding carboxylic acids is 2. The molecule has 0 saturated carbocycles. The van der Waals surface area contributed by atoms with E-state index in [9.17, 15) is 14.7 Å². The zero-order valence-electron chi connectivity index (χ0n) is 17.4. The highest BCUT2D eigenvalue weighted by Gasteiger charge is 2.39. The summed E-state index contributed by atoms with van der Waals surface area (Å²) in [5.41, 5.74) is 2.70. The maximum Gasteiger partial charge on any atom is 0.224 e. The Morgan fingerprint density at radius 1 is 1.16 bits per heavy atom. The lowest BCUT2D eigenvalue weighted by Crippen LogP contribution is -2.33. The summed E-state index contributed by atoms with van der Waals surface area (Å²) in [7, 11) is 1.80. The molecule has 4 rings (SSSR count). The van der Waals surface area contributed by atoms with Gasteiger partial charge in [-0.25, -0.2) is 0 Å². The summed E-state index contributed by atoms with van der Waals surface area (Å²) in [5.74, 6) is -0.0554. The lowest BCUT2D eigenvalue weighted by atomic mass is 9.95. The van der Waals surface area contributed by atoms with E-state index >= 15 is 0 Å². The van der Waals surface area contributed by atoms with Gasteiger partial charge in [-0.1, -0.05) is 48.5 Å². The van der Waals surface area contributed by atoms with Crippen molar-refractivity contribution in [3.05, 3.63) is 83.7 Å². The SMILES string of the molecule is CN1C(=O)C[C@@H](CNC(=O)Cc2ccccc2O)[C@@H]1c1cnn(Cc2ccccc2)c1. The van der Waals surface area contributed by atoms with Crippen molar-refractivity contribution >= 4 is 11.8 Å². The molecule has 1 aliphatic rings. The number of hydrogen-bond acceptors (Lipinski definition) is 4. The second kappa shape index (κ2) is 9.04. The van der Waals surface area contributed by atoms with Gasteiger partial charge in [-0.15, -0.1) is 0 Å². The Hall–Kier alpha value is -3.61. The van der Waals surface area contributed by atoms with E-state index in [2.05, 4.69) is 22.5 Å². The van der Waals surface area contributed by atoms with Crippen LogP contribution in [0, 0.1) is 5.92 Å². The smallest absolute Gasteiger partial charge is 0.224 e. The van der Waals surface area contributed by atoms with E-state index < -0.39 is 0 Å². The normalized spacial score (nSPS) is 18.4. The van der Waals surface area contributed by atoms with Gasteiger partial charge >= 0.3 is 0 Å². The van der Waals surface area contributed by atoms with Gasteiger partial charge < -0.3 is 15.3 Å². The largest absolute Gasteiger partial charge is 0.508 e. The van der Waals surface area contributed by atoms with Gasteiger partial charge in [0.15, 0.2) is 0 Å². The third kappa shape index (κ3) is 4.77. The summed E-state index contributed by atoms with van der Waals surface area (Å²) in [4.78, 5) is 26.5. The van der Waals surface area contributed by atoms with Crippen molar-refractivity contribution < 1.29 is 14.7 Å². The topological polar surface area (TPSA) is 87.5 Å². The van der Waals surface area contributed by atoms with Crippen LogP contribution in [0.5, 0.6) is 5.75 Å². The number of phenols is 1. The van der Waals surface area contributed by atoms with Crippen LogP contribution in [0.3, 0.4) is 0 Å². The molecule has 0 spiro atoms. The van der Waals surface area contributed by atoms with Crippen molar-refractivity contribution in [2.75, 3.05) is 13.6 Å². The molecule has 7 heteroatoms. The quantitative estimate of drug-likeness (QED) is 0.617. The van der Waals surface area contributed by atoms with Crippen molar-refractivity contribution in [2.24, 2.45) is 5.92 Å². The third-order valence-electron chi connectivity index (χ3n) is 5.78. The number of hydrogen-bond donors (Lipinski definition) is 2. The Bertz CT molecular complexity index is 1060. The van der Waals surface area contributed by atoms with E-state index in [0.29, 0.717) is 25.1 Å². The van der Waals surface area contributed by atoms with Gasteiger partial charge in [0.25, 0.3) is 0 Å². The van der Waals surface area contributed by atoms with E-state index in [0.717, 1.165) is 11.1 Å². The molecule has 1 saturated heterocycles. The first-order valence-electron chi connectivity index (χ1n) is 10.4. The molecule has 2 atom stereocenters. The van der Waals surface area contributed by atoms with Crippen LogP contribution in [0.25, 0.3) is 0 Å². The molecular weight excluding hydrogens is 392 g/mol. The molecule has 31 heavy (non-hydrogen) atoms. The van der Waals surface area contributed by atoms with Crippen molar-refractivity contribution in [1.29, 1.82) is 0 Å². The first-order chi connectivity index (χ1) is 15.0. The summed E-state index contributed by atoms with van der Waals surface area (Å²) >= 11 is 0. The molecule has 2 N–H and O–H groups in total. The van der Waals surface area contributed by atoms with E-state index in [-0.39, 0.29) is 35.9 Å². The van der Waals surface area contributed by atoms with E-state index in [1.807, 2.05) is 29.1 Å². The summed E-state index contributed by atoms with van der Waals surface area (Å²) in [6, 6.07) is 16.7. The summed E-state index contributed by atoms with van der Waals surface area (Å²) in [6.45, 7) is 1.05. The molecule has 0 unspecified atom stereocenters. The number of aromatic nitrogens is 2. The van der Waals surface area contributed by atoms with Crippen LogP contribution in [0.2, 0.25) is 0 Å². The van der Waals surface area contributed by atoms with Gasteiger partial charge in [-0.2, -0.15) is 5.10 Å². The summed E-state index contributed by atoms with van der Waals surface area (Å²) in [5, 5.41) is 17.3. The highest BCUT2D eigenvalue weighted by atomic mass is 16.3. The van der Waals surface area contributed by atoms with Crippen molar-refractivity contribution in [3.63, 3.8) is 0 Å². The number of nitrogens with zero attached hydrogens (tertiary/aromatic N) is 3. The average molecular weight is 418 g/mol. The van der Waals surface area contributed by atoms with Crippen LogP contribution >= 0.6 is 0 Å². The predicted octanol–water partition coefficient (Wildman–Crippen LogP) is 2.52. The monoisotopic (exact) mass is 418 g/mol. The molecule has 2 amide bonds. The van der Waals surface area contributed by atoms with E-state index in [4.69, 9.17) is 0 Å². The fraction of sp³-hybridized carbons (Fsp3) is 0.292. The predicted molar refractivity (Wildman–Crippen MR) is 116 cm³/mol. The fourth-order valence-corrected chi connectivity index (χ4v) is 4.16. The number of aromatic hydroxyl groups is 1. The number of likely N-dealkylation sites (tertiary alicyclic amines) is 1. The molecule has 2 heterocycles. The Morgan fingerprint density at radius 2 is 1.90 bits per heavy atom. The molecule has 1 aromatic heterocycles. The van der Waals surface area contributed by atoms with Gasteiger partial charge in [0.2, 0.25) is 11.8 Å². The molecule has 0 aliphatic carbocycles. The Morgan fingerprint density at radius 3 is 2.68 bits per heavy atom. The summed E-state index contributed by atoms with van der Waals surface area (Å²) < 4.78 is 1.87. The fourth-order valence-electron chi connectivity index (χ4n) is 4.16. The molecular formula is C24H26N4O3. The van der Waals surface area contributed by atoms with Crippen LogP contribution < -0.4 is 5.32 Å². The van der Waals surface area contributed by atoms with Crippen molar-refractivity contribution in [1.82, 2.24) is 20.0 Å². The first kappa shape index (κ1) is 20.7. The number of nitrogens with one attached hydrogen (secondary N) is 1. The molecule has 0 radical (unpaired) electrons. The molecule has 1 fully saturated rings.